The lowest BCUT2D eigenvalue weighted by Crippen LogP contribution is -2.51. The first-order valence-electron chi connectivity index (χ1n) is 6.65. The van der Waals surface area contributed by atoms with Crippen LogP contribution in [0.2, 0.25) is 0 Å². The first-order valence-corrected chi connectivity index (χ1v) is 6.65. The molecule has 3 heterocycles. The summed E-state index contributed by atoms with van der Waals surface area (Å²) in [5, 5.41) is 4.37. The quantitative estimate of drug-likeness (QED) is 0.787. The van der Waals surface area contributed by atoms with E-state index in [1.807, 2.05) is 6.20 Å². The lowest BCUT2D eigenvalue weighted by atomic mass is 9.72. The molecular formula is C13H22N4. The van der Waals surface area contributed by atoms with Crippen molar-refractivity contribution in [3.8, 4) is 0 Å². The van der Waals surface area contributed by atoms with Gasteiger partial charge in [-0.05, 0) is 45.8 Å². The zero-order valence-corrected chi connectivity index (χ0v) is 10.8. The van der Waals surface area contributed by atoms with Crippen LogP contribution < -0.4 is 5.73 Å². The number of aromatic nitrogens is 2. The van der Waals surface area contributed by atoms with Gasteiger partial charge in [0.25, 0.3) is 0 Å². The number of nitrogens with zero attached hydrogens (tertiary/aromatic N) is 3. The number of nitrogens with two attached hydrogens (primary N) is 1. The van der Waals surface area contributed by atoms with Crippen LogP contribution in [0.4, 0.5) is 0 Å². The summed E-state index contributed by atoms with van der Waals surface area (Å²) in [4.78, 5) is 2.55. The van der Waals surface area contributed by atoms with Crippen LogP contribution in [0.5, 0.6) is 0 Å². The molecule has 1 atom stereocenters. The lowest BCUT2D eigenvalue weighted by molar-refractivity contribution is 0.120. The molecule has 17 heavy (non-hydrogen) atoms. The number of piperidine rings is 1. The molecule has 0 radical (unpaired) electrons. The maximum Gasteiger partial charge on any atom is 0.0573 e. The van der Waals surface area contributed by atoms with Crippen molar-refractivity contribution >= 4 is 0 Å². The van der Waals surface area contributed by atoms with Gasteiger partial charge in [-0.15, -0.1) is 0 Å². The highest BCUT2D eigenvalue weighted by molar-refractivity contribution is 5.25. The van der Waals surface area contributed by atoms with E-state index in [1.54, 1.807) is 0 Å². The van der Waals surface area contributed by atoms with Crippen molar-refractivity contribution in [1.82, 2.24) is 14.7 Å². The summed E-state index contributed by atoms with van der Waals surface area (Å²) in [5.74, 6) is 0. The Kier molecular flexibility index (Phi) is 2.52. The van der Waals surface area contributed by atoms with Gasteiger partial charge in [-0.25, -0.2) is 0 Å². The van der Waals surface area contributed by atoms with E-state index in [-0.39, 0.29) is 11.5 Å². The molecule has 1 spiro atoms. The highest BCUT2D eigenvalue weighted by atomic mass is 15.3. The molecule has 1 unspecified atom stereocenters. The first kappa shape index (κ1) is 11.2. The summed E-state index contributed by atoms with van der Waals surface area (Å²) >= 11 is 0. The van der Waals surface area contributed by atoms with E-state index < -0.39 is 0 Å². The Morgan fingerprint density at radius 3 is 2.76 bits per heavy atom. The van der Waals surface area contributed by atoms with Crippen LogP contribution in [0.3, 0.4) is 0 Å². The molecule has 1 aromatic heterocycles. The molecule has 4 heteroatoms. The number of hydrogen-bond donors (Lipinski definition) is 1. The molecule has 2 N–H and O–H groups in total. The van der Waals surface area contributed by atoms with Gasteiger partial charge in [-0.2, -0.15) is 5.10 Å². The third-order valence-electron chi connectivity index (χ3n) is 4.73. The minimum atomic E-state index is 0.196. The smallest absolute Gasteiger partial charge is 0.0573 e. The molecule has 1 aromatic rings. The Labute approximate surface area is 103 Å². The molecule has 0 amide bonds. The lowest BCUT2D eigenvalue weighted by Gasteiger charge is -2.42. The monoisotopic (exact) mass is 234 g/mol. The van der Waals surface area contributed by atoms with Crippen molar-refractivity contribution in [3.63, 3.8) is 0 Å². The summed E-state index contributed by atoms with van der Waals surface area (Å²) in [7, 11) is 0. The highest BCUT2D eigenvalue weighted by Gasteiger charge is 2.47. The van der Waals surface area contributed by atoms with Gasteiger partial charge < -0.3 is 10.6 Å². The van der Waals surface area contributed by atoms with E-state index in [9.17, 15) is 0 Å². The Bertz CT molecular complexity index is 401. The molecule has 3 rings (SSSR count). The minimum Gasteiger partial charge on any atom is -0.325 e. The summed E-state index contributed by atoms with van der Waals surface area (Å²) in [6.45, 7) is 7.77. The second-order valence-electron chi connectivity index (χ2n) is 5.79. The Balaban J connectivity index is 1.85. The second-order valence-corrected chi connectivity index (χ2v) is 5.79. The summed E-state index contributed by atoms with van der Waals surface area (Å²) in [5.41, 5.74) is 7.95. The van der Waals surface area contributed by atoms with E-state index in [1.165, 1.54) is 18.5 Å². The van der Waals surface area contributed by atoms with Crippen molar-refractivity contribution in [3.05, 3.63) is 18.0 Å². The second kappa shape index (κ2) is 3.82. The SMILES string of the molecule is CC(C)N1CCC2(CC1)c1ccnn1CC2N. The van der Waals surface area contributed by atoms with Gasteiger partial charge in [0.1, 0.15) is 0 Å². The molecule has 2 aliphatic rings. The molecule has 4 nitrogen and oxygen atoms in total. The van der Waals surface area contributed by atoms with Crippen LogP contribution in [-0.4, -0.2) is 39.9 Å². The van der Waals surface area contributed by atoms with Crippen LogP contribution >= 0.6 is 0 Å². The number of fused-ring (bicyclic) bond motifs is 2. The fraction of sp³-hybridized carbons (Fsp3) is 0.769. The molecule has 94 valence electrons. The number of rotatable bonds is 1. The summed E-state index contributed by atoms with van der Waals surface area (Å²) in [6, 6.07) is 3.06. The number of likely N-dealkylation sites (tertiary alicyclic amines) is 1. The zero-order valence-electron chi connectivity index (χ0n) is 10.8. The summed E-state index contributed by atoms with van der Waals surface area (Å²) < 4.78 is 2.11. The normalized spacial score (nSPS) is 27.9. The van der Waals surface area contributed by atoms with E-state index in [0.29, 0.717) is 6.04 Å². The molecule has 1 saturated heterocycles. The third-order valence-corrected chi connectivity index (χ3v) is 4.73. The van der Waals surface area contributed by atoms with Crippen molar-refractivity contribution in [2.24, 2.45) is 5.73 Å². The fourth-order valence-corrected chi connectivity index (χ4v) is 3.52. The maximum absolute atomic E-state index is 6.38. The van der Waals surface area contributed by atoms with Crippen molar-refractivity contribution < 1.29 is 0 Å². The van der Waals surface area contributed by atoms with Crippen LogP contribution in [0.25, 0.3) is 0 Å². The Morgan fingerprint density at radius 1 is 1.41 bits per heavy atom. The van der Waals surface area contributed by atoms with Gasteiger partial charge in [-0.1, -0.05) is 0 Å². The van der Waals surface area contributed by atoms with Crippen LogP contribution in [0.1, 0.15) is 32.4 Å². The molecule has 2 aliphatic heterocycles. The number of hydrogen-bond acceptors (Lipinski definition) is 3. The van der Waals surface area contributed by atoms with E-state index in [4.69, 9.17) is 5.73 Å². The topological polar surface area (TPSA) is 47.1 Å². The van der Waals surface area contributed by atoms with Crippen molar-refractivity contribution in [1.29, 1.82) is 0 Å². The predicted octanol–water partition coefficient (Wildman–Crippen LogP) is 0.966. The first-order chi connectivity index (χ1) is 8.13. The molecule has 1 fully saturated rings. The van der Waals surface area contributed by atoms with Crippen LogP contribution in [-0.2, 0) is 12.0 Å². The average molecular weight is 234 g/mol. The van der Waals surface area contributed by atoms with Crippen molar-refractivity contribution in [2.45, 2.75) is 50.7 Å². The molecular weight excluding hydrogens is 212 g/mol. The van der Waals surface area contributed by atoms with Gasteiger partial charge in [0.15, 0.2) is 0 Å². The van der Waals surface area contributed by atoms with Crippen LogP contribution in [0.15, 0.2) is 12.3 Å². The maximum atomic E-state index is 6.38. The average Bonchev–Trinajstić information content (AvgIpc) is 2.85. The standard InChI is InChI=1S/C13H22N4/c1-10(2)16-7-4-13(5-8-16)11(14)9-17-12(13)3-6-15-17/h3,6,10-11H,4-5,7-9,14H2,1-2H3. The van der Waals surface area contributed by atoms with Crippen LogP contribution in [0, 0.1) is 0 Å². The Morgan fingerprint density at radius 2 is 2.12 bits per heavy atom. The minimum absolute atomic E-state index is 0.196. The largest absolute Gasteiger partial charge is 0.325 e. The molecule has 0 aliphatic carbocycles. The fourth-order valence-electron chi connectivity index (χ4n) is 3.52. The van der Waals surface area contributed by atoms with Gasteiger partial charge in [0.2, 0.25) is 0 Å². The third kappa shape index (κ3) is 1.54. The van der Waals surface area contributed by atoms with E-state index in [2.05, 4.69) is 34.6 Å². The summed E-state index contributed by atoms with van der Waals surface area (Å²) in [6.07, 6.45) is 4.27. The van der Waals surface area contributed by atoms with Crippen molar-refractivity contribution in [2.75, 3.05) is 13.1 Å². The highest BCUT2D eigenvalue weighted by Crippen LogP contribution is 2.42. The van der Waals surface area contributed by atoms with Gasteiger partial charge >= 0.3 is 0 Å². The zero-order chi connectivity index (χ0) is 12.0. The van der Waals surface area contributed by atoms with Gasteiger partial charge in [0.05, 0.1) is 6.54 Å². The molecule has 0 saturated carbocycles. The van der Waals surface area contributed by atoms with E-state index in [0.717, 1.165) is 19.6 Å². The van der Waals surface area contributed by atoms with E-state index >= 15 is 0 Å². The predicted molar refractivity (Wildman–Crippen MR) is 67.8 cm³/mol. The van der Waals surface area contributed by atoms with Gasteiger partial charge in [0, 0.05) is 29.4 Å². The molecule has 0 aromatic carbocycles. The van der Waals surface area contributed by atoms with Gasteiger partial charge in [-0.3, -0.25) is 4.68 Å². The molecule has 0 bridgehead atoms. The Hall–Kier alpha value is -0.870.